The van der Waals surface area contributed by atoms with Crippen LogP contribution < -0.4 is 0 Å². The van der Waals surface area contributed by atoms with Crippen molar-refractivity contribution in [1.82, 2.24) is 4.90 Å². The fourth-order valence-electron chi connectivity index (χ4n) is 2.27. The summed E-state index contributed by atoms with van der Waals surface area (Å²) >= 11 is 0. The maximum Gasteiger partial charge on any atom is 0.150 e. The van der Waals surface area contributed by atoms with Crippen molar-refractivity contribution in [2.45, 2.75) is 0 Å². The molecule has 2 aliphatic rings. The molecule has 64 valence electrons. The van der Waals surface area contributed by atoms with Crippen LogP contribution in [0.4, 0.5) is 0 Å². The maximum absolute atomic E-state index is 11.1. The van der Waals surface area contributed by atoms with Gasteiger partial charge in [0.25, 0.3) is 0 Å². The Balaban J connectivity index is 2.16. The topological polar surface area (TPSA) is 37.4 Å². The van der Waals surface area contributed by atoms with Crippen molar-refractivity contribution in [3.05, 3.63) is 0 Å². The van der Waals surface area contributed by atoms with Gasteiger partial charge in [-0.2, -0.15) is 0 Å². The van der Waals surface area contributed by atoms with Crippen LogP contribution in [0.3, 0.4) is 0 Å². The van der Waals surface area contributed by atoms with Gasteiger partial charge in [-0.05, 0) is 18.9 Å². The molecule has 0 saturated carbocycles. The second kappa shape index (κ2) is 2.20. The van der Waals surface area contributed by atoms with Crippen molar-refractivity contribution in [1.29, 1.82) is 0 Å². The fourth-order valence-corrected chi connectivity index (χ4v) is 4.47. The summed E-state index contributed by atoms with van der Waals surface area (Å²) < 4.78 is 22.3. The zero-order valence-electron chi connectivity index (χ0n) is 6.66. The Bertz CT molecular complexity index is 240. The Morgan fingerprint density at radius 1 is 1.18 bits per heavy atom. The number of fused-ring (bicyclic) bond motifs is 1. The van der Waals surface area contributed by atoms with Crippen LogP contribution in [-0.4, -0.2) is 45.0 Å². The molecule has 4 heteroatoms. The Hall–Kier alpha value is -0.0900. The molecule has 0 N–H and O–H groups in total. The van der Waals surface area contributed by atoms with Crippen LogP contribution in [0.1, 0.15) is 0 Å². The van der Waals surface area contributed by atoms with Crippen molar-refractivity contribution >= 4 is 9.84 Å². The molecule has 0 aromatic carbocycles. The molecule has 2 aliphatic heterocycles. The summed E-state index contributed by atoms with van der Waals surface area (Å²) in [5.74, 6) is 1.74. The maximum atomic E-state index is 11.1. The minimum atomic E-state index is -2.66. The van der Waals surface area contributed by atoms with Crippen LogP contribution in [0.15, 0.2) is 0 Å². The van der Waals surface area contributed by atoms with Crippen molar-refractivity contribution in [3.63, 3.8) is 0 Å². The van der Waals surface area contributed by atoms with E-state index in [9.17, 15) is 8.42 Å². The molecule has 0 radical (unpaired) electrons. The molecule has 0 amide bonds. The first-order valence-electron chi connectivity index (χ1n) is 3.96. The van der Waals surface area contributed by atoms with Crippen LogP contribution in [0, 0.1) is 11.8 Å². The number of nitrogens with zero attached hydrogens (tertiary/aromatic N) is 1. The van der Waals surface area contributed by atoms with Crippen LogP contribution >= 0.6 is 0 Å². The van der Waals surface area contributed by atoms with Crippen LogP contribution in [0.2, 0.25) is 0 Å². The smallest absolute Gasteiger partial charge is 0.150 e. The Morgan fingerprint density at radius 3 is 2.09 bits per heavy atom. The van der Waals surface area contributed by atoms with Gasteiger partial charge in [0.1, 0.15) is 0 Å². The molecule has 2 unspecified atom stereocenters. The summed E-state index contributed by atoms with van der Waals surface area (Å²) in [6.07, 6.45) is 0. The van der Waals surface area contributed by atoms with Gasteiger partial charge in [-0.3, -0.25) is 0 Å². The highest BCUT2D eigenvalue weighted by Gasteiger charge is 2.42. The van der Waals surface area contributed by atoms with E-state index in [2.05, 4.69) is 11.9 Å². The number of hydrogen-bond acceptors (Lipinski definition) is 3. The van der Waals surface area contributed by atoms with Gasteiger partial charge in [-0.15, -0.1) is 0 Å². The van der Waals surface area contributed by atoms with E-state index >= 15 is 0 Å². The molecule has 0 aliphatic carbocycles. The van der Waals surface area contributed by atoms with Crippen molar-refractivity contribution in [2.75, 3.05) is 31.6 Å². The third-order valence-corrected chi connectivity index (χ3v) is 4.57. The fraction of sp³-hybridized carbons (Fsp3) is 1.00. The molecular weight excluding hydrogens is 162 g/mol. The van der Waals surface area contributed by atoms with E-state index in [1.807, 2.05) is 0 Å². The van der Waals surface area contributed by atoms with Gasteiger partial charge >= 0.3 is 0 Å². The van der Waals surface area contributed by atoms with Gasteiger partial charge in [0.2, 0.25) is 0 Å². The molecule has 2 rings (SSSR count). The molecule has 2 atom stereocenters. The molecule has 0 bridgehead atoms. The normalized spacial score (nSPS) is 42.6. The predicted molar refractivity (Wildman–Crippen MR) is 43.1 cm³/mol. The SMILES string of the molecule is CN1CC2CS(=O)(=O)CC2C1. The van der Waals surface area contributed by atoms with E-state index in [4.69, 9.17) is 0 Å². The molecular formula is C7H13NO2S. The first-order valence-corrected chi connectivity index (χ1v) is 5.78. The zero-order chi connectivity index (χ0) is 8.06. The highest BCUT2D eigenvalue weighted by atomic mass is 32.2. The number of sulfone groups is 1. The highest BCUT2D eigenvalue weighted by molar-refractivity contribution is 7.91. The molecule has 2 saturated heterocycles. The lowest BCUT2D eigenvalue weighted by Gasteiger charge is -2.07. The average molecular weight is 175 g/mol. The number of rotatable bonds is 0. The van der Waals surface area contributed by atoms with E-state index < -0.39 is 9.84 Å². The summed E-state index contributed by atoms with van der Waals surface area (Å²) in [5, 5.41) is 0. The Labute approximate surface area is 67.3 Å². The van der Waals surface area contributed by atoms with E-state index in [-0.39, 0.29) is 0 Å². The molecule has 0 spiro atoms. The zero-order valence-corrected chi connectivity index (χ0v) is 7.47. The average Bonchev–Trinajstić information content (AvgIpc) is 2.17. The monoisotopic (exact) mass is 175 g/mol. The summed E-state index contributed by atoms with van der Waals surface area (Å²) in [6.45, 7) is 1.95. The lowest BCUT2D eigenvalue weighted by molar-refractivity contribution is 0.396. The van der Waals surface area contributed by atoms with Gasteiger partial charge in [-0.25, -0.2) is 8.42 Å². The van der Waals surface area contributed by atoms with Crippen LogP contribution in [0.5, 0.6) is 0 Å². The quantitative estimate of drug-likeness (QED) is 0.502. The Morgan fingerprint density at radius 2 is 1.64 bits per heavy atom. The van der Waals surface area contributed by atoms with Gasteiger partial charge in [0, 0.05) is 13.1 Å². The molecule has 11 heavy (non-hydrogen) atoms. The summed E-state index contributed by atoms with van der Waals surface area (Å²) in [7, 11) is -0.595. The number of hydrogen-bond donors (Lipinski definition) is 0. The van der Waals surface area contributed by atoms with E-state index in [0.29, 0.717) is 23.3 Å². The minimum absolute atomic E-state index is 0.433. The minimum Gasteiger partial charge on any atom is -0.306 e. The van der Waals surface area contributed by atoms with Gasteiger partial charge in [0.05, 0.1) is 11.5 Å². The predicted octanol–water partition coefficient (Wildman–Crippen LogP) is -0.407. The molecule has 2 fully saturated rings. The van der Waals surface area contributed by atoms with Crippen LogP contribution in [0.25, 0.3) is 0 Å². The summed E-state index contributed by atoms with van der Waals surface area (Å²) in [6, 6.07) is 0. The lowest BCUT2D eigenvalue weighted by atomic mass is 10.0. The van der Waals surface area contributed by atoms with Gasteiger partial charge in [-0.1, -0.05) is 0 Å². The lowest BCUT2D eigenvalue weighted by Crippen LogP contribution is -2.19. The summed E-state index contributed by atoms with van der Waals surface area (Å²) in [5.41, 5.74) is 0. The standard InChI is InChI=1S/C7H13NO2S/c1-8-2-6-4-11(9,10)5-7(6)3-8/h6-7H,2-5H2,1H3. The molecule has 0 aromatic rings. The van der Waals surface area contributed by atoms with Gasteiger partial charge in [0.15, 0.2) is 9.84 Å². The van der Waals surface area contributed by atoms with Crippen molar-refractivity contribution in [2.24, 2.45) is 11.8 Å². The molecule has 2 heterocycles. The number of likely N-dealkylation sites (tertiary alicyclic amines) is 1. The first-order chi connectivity index (χ1) is 5.07. The van der Waals surface area contributed by atoms with E-state index in [0.717, 1.165) is 13.1 Å². The van der Waals surface area contributed by atoms with Gasteiger partial charge < -0.3 is 4.90 Å². The van der Waals surface area contributed by atoms with E-state index in [1.165, 1.54) is 0 Å². The molecule has 0 aromatic heterocycles. The van der Waals surface area contributed by atoms with Crippen molar-refractivity contribution < 1.29 is 8.42 Å². The third-order valence-electron chi connectivity index (χ3n) is 2.70. The van der Waals surface area contributed by atoms with E-state index in [1.54, 1.807) is 0 Å². The largest absolute Gasteiger partial charge is 0.306 e. The van der Waals surface area contributed by atoms with Crippen LogP contribution in [-0.2, 0) is 9.84 Å². The summed E-state index contributed by atoms with van der Waals surface area (Å²) in [4.78, 5) is 2.23. The second-order valence-corrected chi connectivity index (χ2v) is 5.97. The third kappa shape index (κ3) is 1.29. The van der Waals surface area contributed by atoms with Crippen molar-refractivity contribution in [3.8, 4) is 0 Å². The second-order valence-electron chi connectivity index (χ2n) is 3.82. The molecule has 3 nitrogen and oxygen atoms in total. The Kier molecular flexibility index (Phi) is 1.51. The highest BCUT2D eigenvalue weighted by Crippen LogP contribution is 2.31. The first kappa shape index (κ1) is 7.55.